The normalized spacial score (nSPS) is 12.8. The van der Waals surface area contributed by atoms with Crippen LogP contribution in [0.5, 0.6) is 0 Å². The average Bonchev–Trinajstić information content (AvgIpc) is 2.74. The highest BCUT2D eigenvalue weighted by molar-refractivity contribution is 5.82. The van der Waals surface area contributed by atoms with Crippen molar-refractivity contribution in [3.8, 4) is 0 Å². The number of aryl methyl sites for hydroxylation is 1. The molecule has 5 nitrogen and oxygen atoms in total. The summed E-state index contributed by atoms with van der Waals surface area (Å²) in [7, 11) is 1.58. The third-order valence-corrected chi connectivity index (χ3v) is 5.21. The minimum absolute atomic E-state index is 0.195. The van der Waals surface area contributed by atoms with Crippen LogP contribution in [0.1, 0.15) is 30.8 Å². The van der Waals surface area contributed by atoms with Crippen molar-refractivity contribution in [3.63, 3.8) is 0 Å². The van der Waals surface area contributed by atoms with Crippen molar-refractivity contribution in [1.82, 2.24) is 9.55 Å². The van der Waals surface area contributed by atoms with Crippen LogP contribution in [0, 0.1) is 6.92 Å². The molecule has 31 heavy (non-hydrogen) atoms. The lowest BCUT2D eigenvalue weighted by Gasteiger charge is -2.23. The number of benzene rings is 2. The molecular weight excluding hydrogens is 407 g/mol. The third kappa shape index (κ3) is 5.44. The summed E-state index contributed by atoms with van der Waals surface area (Å²) in [5, 5.41) is 0.361. The van der Waals surface area contributed by atoms with E-state index < -0.39 is 12.6 Å². The molecule has 0 aliphatic carbocycles. The van der Waals surface area contributed by atoms with Crippen LogP contribution in [0.3, 0.4) is 0 Å². The monoisotopic (exact) mass is 433 g/mol. The number of rotatable bonds is 8. The molecule has 0 spiro atoms. The van der Waals surface area contributed by atoms with E-state index >= 15 is 0 Å². The summed E-state index contributed by atoms with van der Waals surface area (Å²) < 4.78 is 45.0. The van der Waals surface area contributed by atoms with Gasteiger partial charge in [-0.15, -0.1) is 0 Å². The number of hydrogen-bond donors (Lipinski definition) is 0. The Hall–Kier alpha value is -2.87. The lowest BCUT2D eigenvalue weighted by atomic mass is 10.1. The van der Waals surface area contributed by atoms with Crippen molar-refractivity contribution in [3.05, 3.63) is 70.3 Å². The van der Waals surface area contributed by atoms with Gasteiger partial charge in [-0.1, -0.05) is 30.3 Å². The van der Waals surface area contributed by atoms with Gasteiger partial charge in [-0.25, -0.2) is 4.98 Å². The number of halogens is 3. The highest BCUT2D eigenvalue weighted by atomic mass is 19.4. The Morgan fingerprint density at radius 1 is 1.16 bits per heavy atom. The molecule has 8 heteroatoms. The van der Waals surface area contributed by atoms with E-state index in [1.807, 2.05) is 37.3 Å². The Morgan fingerprint density at radius 2 is 1.87 bits per heavy atom. The van der Waals surface area contributed by atoms with E-state index in [0.29, 0.717) is 35.6 Å². The standard InChI is InChI=1S/C23H26F3N3O2/c1-4-31-15-21(17-8-6-5-7-9-17)29-16(2)27-20-11-10-18(14-19(20)22(29)30)28(3)13-12-23(24,25)26/h5-11,14,21H,4,12-13,15H2,1-3H3. The van der Waals surface area contributed by atoms with E-state index in [4.69, 9.17) is 4.74 Å². The van der Waals surface area contributed by atoms with E-state index in [9.17, 15) is 18.0 Å². The molecule has 3 rings (SSSR count). The smallest absolute Gasteiger partial charge is 0.379 e. The van der Waals surface area contributed by atoms with Crippen LogP contribution in [0.15, 0.2) is 53.3 Å². The molecule has 0 fully saturated rings. The molecule has 0 aliphatic rings. The van der Waals surface area contributed by atoms with E-state index in [2.05, 4.69) is 4.98 Å². The third-order valence-electron chi connectivity index (χ3n) is 5.21. The van der Waals surface area contributed by atoms with Gasteiger partial charge in [-0.3, -0.25) is 9.36 Å². The maximum atomic E-state index is 13.5. The van der Waals surface area contributed by atoms with Gasteiger partial charge in [0.25, 0.3) is 5.56 Å². The number of nitrogens with zero attached hydrogens (tertiary/aromatic N) is 3. The second-order valence-corrected chi connectivity index (χ2v) is 7.41. The lowest BCUT2D eigenvalue weighted by molar-refractivity contribution is -0.132. The Morgan fingerprint density at radius 3 is 2.52 bits per heavy atom. The maximum absolute atomic E-state index is 13.5. The molecule has 0 amide bonds. The molecule has 0 saturated carbocycles. The fraction of sp³-hybridized carbons (Fsp3) is 0.391. The Balaban J connectivity index is 2.06. The van der Waals surface area contributed by atoms with Gasteiger partial charge in [0.05, 0.1) is 30.0 Å². The minimum atomic E-state index is -4.24. The van der Waals surface area contributed by atoms with Gasteiger partial charge in [0.2, 0.25) is 0 Å². The summed E-state index contributed by atoms with van der Waals surface area (Å²) in [5.74, 6) is 0.546. The number of alkyl halides is 3. The zero-order valence-electron chi connectivity index (χ0n) is 17.8. The minimum Gasteiger partial charge on any atom is -0.379 e. The highest BCUT2D eigenvalue weighted by Gasteiger charge is 2.27. The van der Waals surface area contributed by atoms with Gasteiger partial charge in [-0.2, -0.15) is 13.2 Å². The SMILES string of the molecule is CCOCC(c1ccccc1)n1c(C)nc2ccc(N(C)CCC(F)(F)F)cc2c1=O. The quantitative estimate of drug-likeness (QED) is 0.516. The van der Waals surface area contributed by atoms with Crippen LogP contribution < -0.4 is 10.5 Å². The first kappa shape index (κ1) is 22.8. The van der Waals surface area contributed by atoms with Crippen LogP contribution in [-0.2, 0) is 4.74 Å². The second kappa shape index (κ2) is 9.51. The molecular formula is C23H26F3N3O2. The Bertz CT molecular complexity index is 1080. The van der Waals surface area contributed by atoms with Crippen molar-refractivity contribution < 1.29 is 17.9 Å². The van der Waals surface area contributed by atoms with E-state index in [1.165, 1.54) is 4.90 Å². The molecule has 1 heterocycles. The number of anilines is 1. The molecule has 0 N–H and O–H groups in total. The topological polar surface area (TPSA) is 47.4 Å². The first-order chi connectivity index (χ1) is 14.7. The van der Waals surface area contributed by atoms with E-state index in [1.54, 1.807) is 36.7 Å². The molecule has 1 unspecified atom stereocenters. The van der Waals surface area contributed by atoms with Crippen molar-refractivity contribution in [2.24, 2.45) is 0 Å². The fourth-order valence-corrected chi connectivity index (χ4v) is 3.55. The average molecular weight is 433 g/mol. The van der Waals surface area contributed by atoms with Gasteiger partial charge in [0.15, 0.2) is 0 Å². The molecule has 0 saturated heterocycles. The predicted octanol–water partition coefficient (Wildman–Crippen LogP) is 4.72. The summed E-state index contributed by atoms with van der Waals surface area (Å²) in [6, 6.07) is 14.2. The van der Waals surface area contributed by atoms with Crippen LogP contribution in [0.2, 0.25) is 0 Å². The van der Waals surface area contributed by atoms with E-state index in [0.717, 1.165) is 5.56 Å². The first-order valence-electron chi connectivity index (χ1n) is 10.1. The van der Waals surface area contributed by atoms with Crippen molar-refractivity contribution in [2.75, 3.05) is 31.7 Å². The molecule has 0 aliphatic heterocycles. The molecule has 3 aromatic rings. The lowest BCUT2D eigenvalue weighted by Crippen LogP contribution is -2.31. The summed E-state index contributed by atoms with van der Waals surface area (Å²) in [4.78, 5) is 19.6. The first-order valence-corrected chi connectivity index (χ1v) is 10.1. The zero-order valence-corrected chi connectivity index (χ0v) is 17.8. The van der Waals surface area contributed by atoms with Gasteiger partial charge in [-0.05, 0) is 37.6 Å². The Kier molecular flexibility index (Phi) is 7.00. The van der Waals surface area contributed by atoms with Gasteiger partial charge >= 0.3 is 6.18 Å². The van der Waals surface area contributed by atoms with Gasteiger partial charge in [0, 0.05) is 25.9 Å². The van der Waals surface area contributed by atoms with Crippen molar-refractivity contribution >= 4 is 16.6 Å². The molecule has 2 aromatic carbocycles. The van der Waals surface area contributed by atoms with Crippen LogP contribution in [0.4, 0.5) is 18.9 Å². The summed E-state index contributed by atoms with van der Waals surface area (Å²) in [5.41, 5.74) is 1.71. The number of ether oxygens (including phenoxy) is 1. The summed E-state index contributed by atoms with van der Waals surface area (Å²) in [6.07, 6.45) is -5.17. The summed E-state index contributed by atoms with van der Waals surface area (Å²) in [6.45, 7) is 4.27. The summed E-state index contributed by atoms with van der Waals surface area (Å²) >= 11 is 0. The van der Waals surface area contributed by atoms with Crippen molar-refractivity contribution in [1.29, 1.82) is 0 Å². The van der Waals surface area contributed by atoms with Crippen LogP contribution in [0.25, 0.3) is 10.9 Å². The molecule has 0 radical (unpaired) electrons. The van der Waals surface area contributed by atoms with Crippen molar-refractivity contribution in [2.45, 2.75) is 32.5 Å². The predicted molar refractivity (Wildman–Crippen MR) is 116 cm³/mol. The van der Waals surface area contributed by atoms with Gasteiger partial charge in [0.1, 0.15) is 5.82 Å². The van der Waals surface area contributed by atoms with Gasteiger partial charge < -0.3 is 9.64 Å². The van der Waals surface area contributed by atoms with E-state index in [-0.39, 0.29) is 18.1 Å². The Labute approximate surface area is 179 Å². The molecule has 166 valence electrons. The fourth-order valence-electron chi connectivity index (χ4n) is 3.55. The number of fused-ring (bicyclic) bond motifs is 1. The van der Waals surface area contributed by atoms with Crippen LogP contribution >= 0.6 is 0 Å². The molecule has 0 bridgehead atoms. The zero-order chi connectivity index (χ0) is 22.6. The van der Waals surface area contributed by atoms with Crippen LogP contribution in [-0.4, -0.2) is 42.5 Å². The number of hydrogen-bond acceptors (Lipinski definition) is 4. The maximum Gasteiger partial charge on any atom is 0.390 e. The molecule has 1 aromatic heterocycles. The molecule has 1 atom stereocenters. The number of aromatic nitrogens is 2. The second-order valence-electron chi connectivity index (χ2n) is 7.41. The largest absolute Gasteiger partial charge is 0.390 e. The highest BCUT2D eigenvalue weighted by Crippen LogP contribution is 2.25.